The number of aromatic nitrogens is 2. The van der Waals surface area contributed by atoms with Crippen LogP contribution in [-0.2, 0) is 0 Å². The smallest absolute Gasteiger partial charge is 0.282 e. The van der Waals surface area contributed by atoms with Gasteiger partial charge in [0.2, 0.25) is 0 Å². The Balaban J connectivity index is 1.92. The van der Waals surface area contributed by atoms with Gasteiger partial charge >= 0.3 is 0 Å². The number of methoxy groups -OCH3 is 1. The van der Waals surface area contributed by atoms with E-state index in [0.717, 1.165) is 5.56 Å². The predicted molar refractivity (Wildman–Crippen MR) is 127 cm³/mol. The Hall–Kier alpha value is -4.08. The molecule has 32 heavy (non-hydrogen) atoms. The number of para-hydroxylation sites is 1. The predicted octanol–water partition coefficient (Wildman–Crippen LogP) is 4.62. The summed E-state index contributed by atoms with van der Waals surface area (Å²) in [5.41, 5.74) is 1.54. The van der Waals surface area contributed by atoms with E-state index in [2.05, 4.69) is 16.0 Å². The first-order chi connectivity index (χ1) is 15.6. The summed E-state index contributed by atoms with van der Waals surface area (Å²) in [4.78, 5) is 18.0. The highest BCUT2D eigenvalue weighted by molar-refractivity contribution is 6.31. The minimum atomic E-state index is -0.300. The van der Waals surface area contributed by atoms with Gasteiger partial charge in [0.25, 0.3) is 5.56 Å². The molecular weight excluding hydrogens is 426 g/mol. The van der Waals surface area contributed by atoms with Crippen molar-refractivity contribution in [1.29, 1.82) is 0 Å². The molecule has 1 heterocycles. The van der Waals surface area contributed by atoms with E-state index in [4.69, 9.17) is 27.5 Å². The maximum Gasteiger partial charge on any atom is 0.282 e. The number of halogens is 1. The zero-order valence-corrected chi connectivity index (χ0v) is 17.9. The number of rotatable bonds is 6. The molecular formula is C25H18ClN3O3. The molecule has 1 aromatic heterocycles. The third kappa shape index (κ3) is 4.20. The van der Waals surface area contributed by atoms with Crippen LogP contribution in [0.3, 0.4) is 0 Å². The van der Waals surface area contributed by atoms with Gasteiger partial charge in [-0.25, -0.2) is 4.98 Å². The van der Waals surface area contributed by atoms with Crippen LogP contribution in [0.4, 0.5) is 0 Å². The highest BCUT2D eigenvalue weighted by Gasteiger charge is 2.14. The Morgan fingerprint density at radius 2 is 1.91 bits per heavy atom. The Labute approximate surface area is 189 Å². The topological polar surface area (TPSA) is 65.7 Å². The summed E-state index contributed by atoms with van der Waals surface area (Å²) in [6, 6.07) is 19.8. The Kier molecular flexibility index (Phi) is 6.20. The molecule has 0 aliphatic rings. The maximum atomic E-state index is 13.3. The lowest BCUT2D eigenvalue weighted by molar-refractivity contribution is 0.330. The van der Waals surface area contributed by atoms with E-state index in [1.807, 2.05) is 36.4 Å². The van der Waals surface area contributed by atoms with Gasteiger partial charge in [-0.2, -0.15) is 9.78 Å². The van der Waals surface area contributed by atoms with Crippen LogP contribution in [0.1, 0.15) is 5.56 Å². The first-order valence-corrected chi connectivity index (χ1v) is 10.1. The highest BCUT2D eigenvalue weighted by Crippen LogP contribution is 2.34. The largest absolute Gasteiger partial charge is 0.493 e. The second-order valence-electron chi connectivity index (χ2n) is 6.70. The molecule has 0 amide bonds. The molecule has 0 fully saturated rings. The molecule has 0 radical (unpaired) electrons. The zero-order valence-electron chi connectivity index (χ0n) is 17.2. The summed E-state index contributed by atoms with van der Waals surface area (Å²) < 4.78 is 12.3. The molecule has 0 atom stereocenters. The Bertz CT molecular complexity index is 1410. The molecule has 4 rings (SSSR count). The molecule has 0 saturated heterocycles. The first-order valence-electron chi connectivity index (χ1n) is 9.67. The molecule has 3 aromatic carbocycles. The summed E-state index contributed by atoms with van der Waals surface area (Å²) in [6.07, 6.45) is 6.82. The van der Waals surface area contributed by atoms with Crippen molar-refractivity contribution in [3.63, 3.8) is 0 Å². The molecule has 0 aliphatic heterocycles. The lowest BCUT2D eigenvalue weighted by Gasteiger charge is -2.13. The van der Waals surface area contributed by atoms with Crippen LogP contribution in [0, 0.1) is 12.3 Å². The van der Waals surface area contributed by atoms with Crippen molar-refractivity contribution in [3.05, 3.63) is 87.7 Å². The second-order valence-corrected chi connectivity index (χ2v) is 7.14. The molecule has 0 unspecified atom stereocenters. The monoisotopic (exact) mass is 443 g/mol. The highest BCUT2D eigenvalue weighted by atomic mass is 35.5. The van der Waals surface area contributed by atoms with E-state index in [-0.39, 0.29) is 12.2 Å². The number of fused-ring (bicyclic) bond motifs is 1. The van der Waals surface area contributed by atoms with Gasteiger partial charge in [0.15, 0.2) is 17.3 Å². The minimum absolute atomic E-state index is 0.0333. The normalized spacial score (nSPS) is 10.9. The molecule has 0 aliphatic carbocycles. The zero-order chi connectivity index (χ0) is 22.5. The molecule has 4 aromatic rings. The van der Waals surface area contributed by atoms with Crippen LogP contribution in [0.15, 0.2) is 76.6 Å². The van der Waals surface area contributed by atoms with Gasteiger partial charge in [0, 0.05) is 22.2 Å². The van der Waals surface area contributed by atoms with Gasteiger partial charge < -0.3 is 9.47 Å². The SMILES string of the molecule is C#CCOc1c(C=Nn2c(-c3ccccc3)nc3ccccc3c2=O)cc(Cl)cc1OC. The van der Waals surface area contributed by atoms with Gasteiger partial charge in [-0.15, -0.1) is 6.42 Å². The second kappa shape index (κ2) is 9.38. The van der Waals surface area contributed by atoms with Crippen LogP contribution in [-0.4, -0.2) is 29.6 Å². The van der Waals surface area contributed by atoms with Crippen molar-refractivity contribution in [2.45, 2.75) is 0 Å². The number of hydrogen-bond acceptors (Lipinski definition) is 5. The summed E-state index contributed by atoms with van der Waals surface area (Å²) in [7, 11) is 1.50. The van der Waals surface area contributed by atoms with Crippen molar-refractivity contribution < 1.29 is 9.47 Å². The third-order valence-corrected chi connectivity index (χ3v) is 4.88. The molecule has 0 saturated carbocycles. The lowest BCUT2D eigenvalue weighted by Crippen LogP contribution is -2.20. The van der Waals surface area contributed by atoms with Crippen molar-refractivity contribution in [2.24, 2.45) is 5.10 Å². The van der Waals surface area contributed by atoms with Gasteiger partial charge in [0.1, 0.15) is 6.61 Å². The summed E-state index contributed by atoms with van der Waals surface area (Å²) in [5.74, 6) is 3.61. The molecule has 0 spiro atoms. The van der Waals surface area contributed by atoms with E-state index in [9.17, 15) is 4.79 Å². The quantitative estimate of drug-likeness (QED) is 0.322. The van der Waals surface area contributed by atoms with Crippen LogP contribution < -0.4 is 15.0 Å². The lowest BCUT2D eigenvalue weighted by atomic mass is 10.2. The average molecular weight is 444 g/mol. The van der Waals surface area contributed by atoms with Crippen molar-refractivity contribution in [3.8, 4) is 35.2 Å². The van der Waals surface area contributed by atoms with Crippen LogP contribution in [0.2, 0.25) is 5.02 Å². The molecule has 0 N–H and O–H groups in total. The fourth-order valence-corrected chi connectivity index (χ4v) is 3.45. The molecule has 0 bridgehead atoms. The van der Waals surface area contributed by atoms with Gasteiger partial charge in [-0.05, 0) is 18.2 Å². The number of benzene rings is 3. The minimum Gasteiger partial charge on any atom is -0.493 e. The van der Waals surface area contributed by atoms with Crippen molar-refractivity contribution in [2.75, 3.05) is 13.7 Å². The fourth-order valence-electron chi connectivity index (χ4n) is 3.23. The van der Waals surface area contributed by atoms with Crippen molar-refractivity contribution >= 4 is 28.7 Å². The van der Waals surface area contributed by atoms with Gasteiger partial charge in [-0.3, -0.25) is 4.79 Å². The average Bonchev–Trinajstić information content (AvgIpc) is 2.82. The maximum absolute atomic E-state index is 13.3. The van der Waals surface area contributed by atoms with Crippen LogP contribution >= 0.6 is 11.6 Å². The molecule has 6 nitrogen and oxygen atoms in total. The summed E-state index contributed by atoms with van der Waals surface area (Å²) in [6.45, 7) is 0.0333. The molecule has 158 valence electrons. The van der Waals surface area contributed by atoms with E-state index < -0.39 is 0 Å². The van der Waals surface area contributed by atoms with E-state index in [1.165, 1.54) is 18.0 Å². The Morgan fingerprint density at radius 1 is 1.16 bits per heavy atom. The van der Waals surface area contributed by atoms with Crippen LogP contribution in [0.25, 0.3) is 22.3 Å². The summed E-state index contributed by atoms with van der Waals surface area (Å²) >= 11 is 6.23. The molecule has 7 heteroatoms. The number of hydrogen-bond donors (Lipinski definition) is 0. The Morgan fingerprint density at radius 3 is 2.66 bits per heavy atom. The van der Waals surface area contributed by atoms with E-state index in [0.29, 0.717) is 38.8 Å². The van der Waals surface area contributed by atoms with Gasteiger partial charge in [-0.1, -0.05) is 60.0 Å². The first kappa shape index (κ1) is 21.2. The van der Waals surface area contributed by atoms with Gasteiger partial charge in [0.05, 0.1) is 24.2 Å². The summed E-state index contributed by atoms with van der Waals surface area (Å²) in [5, 5.41) is 5.33. The van der Waals surface area contributed by atoms with E-state index in [1.54, 1.807) is 30.3 Å². The number of nitrogens with zero attached hydrogens (tertiary/aromatic N) is 3. The fraction of sp³-hybridized carbons (Fsp3) is 0.0800. The number of ether oxygens (including phenoxy) is 2. The third-order valence-electron chi connectivity index (χ3n) is 4.67. The van der Waals surface area contributed by atoms with E-state index >= 15 is 0 Å². The van der Waals surface area contributed by atoms with Crippen LogP contribution in [0.5, 0.6) is 11.5 Å². The standard InChI is InChI=1S/C25H18ClN3O3/c1-3-13-32-23-18(14-19(26)15-22(23)31-2)16-27-29-24(17-9-5-4-6-10-17)28-21-12-8-7-11-20(21)25(29)30/h1,4-12,14-16H,13H2,2H3. The van der Waals surface area contributed by atoms with Crippen molar-refractivity contribution in [1.82, 2.24) is 9.66 Å². The number of terminal acetylenes is 1.